The van der Waals surface area contributed by atoms with Gasteiger partial charge in [-0.3, -0.25) is 9.59 Å². The van der Waals surface area contributed by atoms with Gasteiger partial charge in [0.15, 0.2) is 6.61 Å². The summed E-state index contributed by atoms with van der Waals surface area (Å²) in [5, 5.41) is 2.74. The molecular formula is C22H22N2O4S. The van der Waals surface area contributed by atoms with Gasteiger partial charge >= 0.3 is 5.97 Å². The highest BCUT2D eigenvalue weighted by Crippen LogP contribution is 2.54. The molecule has 2 aromatic carbocycles. The zero-order chi connectivity index (χ0) is 20.4. The quantitative estimate of drug-likeness (QED) is 0.767. The summed E-state index contributed by atoms with van der Waals surface area (Å²) in [4.78, 5) is 38.6. The summed E-state index contributed by atoms with van der Waals surface area (Å²) in [7, 11) is 0. The molecule has 7 heteroatoms. The SMILES string of the molecule is Cc1ccccc1NC(=O)COC(=O)[C@@H]1CS[C@@]2(c3ccccc3)CCC(=O)N12. The fourth-order valence-electron chi connectivity index (χ4n) is 3.95. The lowest BCUT2D eigenvalue weighted by Gasteiger charge is -2.33. The van der Waals surface area contributed by atoms with E-state index in [2.05, 4.69) is 5.32 Å². The number of thioether (sulfide) groups is 1. The molecule has 2 fully saturated rings. The van der Waals surface area contributed by atoms with Crippen LogP contribution < -0.4 is 5.32 Å². The summed E-state index contributed by atoms with van der Waals surface area (Å²) < 4.78 is 5.28. The second-order valence-corrected chi connectivity index (χ2v) is 8.51. The van der Waals surface area contributed by atoms with Crippen molar-refractivity contribution in [2.75, 3.05) is 17.7 Å². The Labute approximate surface area is 173 Å². The molecule has 0 aliphatic carbocycles. The van der Waals surface area contributed by atoms with Crippen LogP contribution in [0, 0.1) is 6.92 Å². The van der Waals surface area contributed by atoms with Crippen molar-refractivity contribution >= 4 is 35.2 Å². The highest BCUT2D eigenvalue weighted by atomic mass is 32.2. The van der Waals surface area contributed by atoms with Gasteiger partial charge in [0.2, 0.25) is 5.91 Å². The van der Waals surface area contributed by atoms with Gasteiger partial charge in [-0.25, -0.2) is 4.79 Å². The average molecular weight is 410 g/mol. The number of hydrogen-bond acceptors (Lipinski definition) is 5. The Morgan fingerprint density at radius 1 is 1.17 bits per heavy atom. The van der Waals surface area contributed by atoms with Crippen molar-refractivity contribution in [1.82, 2.24) is 4.90 Å². The highest BCUT2D eigenvalue weighted by molar-refractivity contribution is 8.00. The van der Waals surface area contributed by atoms with Crippen LogP contribution in [0.2, 0.25) is 0 Å². The van der Waals surface area contributed by atoms with E-state index in [1.54, 1.807) is 22.7 Å². The first-order valence-corrected chi connectivity index (χ1v) is 10.5. The lowest BCUT2D eigenvalue weighted by atomic mass is 10.0. The van der Waals surface area contributed by atoms with Gasteiger partial charge < -0.3 is 15.0 Å². The van der Waals surface area contributed by atoms with Crippen molar-refractivity contribution < 1.29 is 19.1 Å². The van der Waals surface area contributed by atoms with Gasteiger partial charge in [-0.1, -0.05) is 48.5 Å². The minimum atomic E-state index is -0.679. The largest absolute Gasteiger partial charge is 0.454 e. The van der Waals surface area contributed by atoms with E-state index >= 15 is 0 Å². The zero-order valence-electron chi connectivity index (χ0n) is 16.1. The standard InChI is InChI=1S/C22H22N2O4S/c1-15-7-5-6-10-17(15)23-19(25)13-28-21(27)18-14-29-22(12-11-20(26)24(18)22)16-8-3-2-4-9-16/h2-10,18H,11-14H2,1H3,(H,23,25)/t18-,22+/m0/s1. The van der Waals surface area contributed by atoms with Gasteiger partial charge in [0.1, 0.15) is 10.9 Å². The molecule has 2 atom stereocenters. The number of para-hydroxylation sites is 1. The molecule has 0 saturated carbocycles. The molecule has 0 spiro atoms. The lowest BCUT2D eigenvalue weighted by Crippen LogP contribution is -2.47. The van der Waals surface area contributed by atoms with Crippen LogP contribution in [0.25, 0.3) is 0 Å². The molecule has 1 N–H and O–H groups in total. The number of anilines is 1. The first-order valence-electron chi connectivity index (χ1n) is 9.55. The fourth-order valence-corrected chi connectivity index (χ4v) is 5.58. The summed E-state index contributed by atoms with van der Waals surface area (Å²) in [5.41, 5.74) is 2.63. The van der Waals surface area contributed by atoms with Crippen LogP contribution in [-0.4, -0.2) is 41.1 Å². The topological polar surface area (TPSA) is 75.7 Å². The number of fused-ring (bicyclic) bond motifs is 1. The van der Waals surface area contributed by atoms with Crippen LogP contribution in [0.1, 0.15) is 24.0 Å². The van der Waals surface area contributed by atoms with Crippen LogP contribution in [0.15, 0.2) is 54.6 Å². The maximum Gasteiger partial charge on any atom is 0.330 e. The van der Waals surface area contributed by atoms with Gasteiger partial charge in [-0.05, 0) is 30.5 Å². The first kappa shape index (κ1) is 19.5. The Kier molecular flexibility index (Phi) is 5.32. The van der Waals surface area contributed by atoms with Gasteiger partial charge in [0.25, 0.3) is 5.91 Å². The third-order valence-electron chi connectivity index (χ3n) is 5.39. The van der Waals surface area contributed by atoms with Crippen molar-refractivity contribution in [3.05, 3.63) is 65.7 Å². The van der Waals surface area contributed by atoms with E-state index in [1.807, 2.05) is 55.5 Å². The molecule has 29 heavy (non-hydrogen) atoms. The smallest absolute Gasteiger partial charge is 0.330 e. The van der Waals surface area contributed by atoms with Crippen LogP contribution in [0.5, 0.6) is 0 Å². The number of amides is 2. The van der Waals surface area contributed by atoms with E-state index in [0.29, 0.717) is 24.3 Å². The normalized spacial score (nSPS) is 23.0. The predicted octanol–water partition coefficient (Wildman–Crippen LogP) is 3.07. The van der Waals surface area contributed by atoms with E-state index in [4.69, 9.17) is 4.74 Å². The number of carbonyl (C=O) groups is 3. The first-order chi connectivity index (χ1) is 14.0. The monoisotopic (exact) mass is 410 g/mol. The minimum absolute atomic E-state index is 0.0508. The molecule has 2 saturated heterocycles. The Hall–Kier alpha value is -2.80. The van der Waals surface area contributed by atoms with Crippen molar-refractivity contribution in [2.45, 2.75) is 30.7 Å². The summed E-state index contributed by atoms with van der Waals surface area (Å²) in [6.45, 7) is 1.51. The maximum absolute atomic E-state index is 12.7. The number of nitrogens with zero attached hydrogens (tertiary/aromatic N) is 1. The summed E-state index contributed by atoms with van der Waals surface area (Å²) >= 11 is 1.60. The molecule has 2 aliphatic heterocycles. The highest BCUT2D eigenvalue weighted by Gasteiger charge is 2.57. The number of hydrogen-bond donors (Lipinski definition) is 1. The molecule has 0 unspecified atom stereocenters. The second-order valence-electron chi connectivity index (χ2n) is 7.21. The number of aryl methyl sites for hydroxylation is 1. The van der Waals surface area contributed by atoms with Crippen LogP contribution in [-0.2, 0) is 24.0 Å². The summed E-state index contributed by atoms with van der Waals surface area (Å²) in [5.74, 6) is -0.533. The third kappa shape index (κ3) is 3.62. The maximum atomic E-state index is 12.7. The molecule has 0 bridgehead atoms. The second kappa shape index (κ2) is 7.91. The lowest BCUT2D eigenvalue weighted by molar-refractivity contribution is -0.155. The number of ether oxygens (including phenoxy) is 1. The summed E-state index contributed by atoms with van der Waals surface area (Å²) in [6.07, 6.45) is 1.07. The predicted molar refractivity (Wildman–Crippen MR) is 111 cm³/mol. The molecule has 0 radical (unpaired) electrons. The number of benzene rings is 2. The molecule has 2 amide bonds. The Morgan fingerprint density at radius 2 is 1.90 bits per heavy atom. The van der Waals surface area contributed by atoms with E-state index in [1.165, 1.54) is 0 Å². The molecule has 2 aromatic rings. The molecule has 4 rings (SSSR count). The molecule has 150 valence electrons. The van der Waals surface area contributed by atoms with Gasteiger partial charge in [-0.2, -0.15) is 0 Å². The van der Waals surface area contributed by atoms with Crippen molar-refractivity contribution in [2.24, 2.45) is 0 Å². The Morgan fingerprint density at radius 3 is 2.66 bits per heavy atom. The van der Waals surface area contributed by atoms with E-state index in [0.717, 1.165) is 11.1 Å². The van der Waals surface area contributed by atoms with Crippen molar-refractivity contribution in [3.63, 3.8) is 0 Å². The van der Waals surface area contributed by atoms with E-state index < -0.39 is 22.8 Å². The molecule has 6 nitrogen and oxygen atoms in total. The van der Waals surface area contributed by atoms with Crippen molar-refractivity contribution in [1.29, 1.82) is 0 Å². The van der Waals surface area contributed by atoms with E-state index in [9.17, 15) is 14.4 Å². The molecule has 2 aliphatic rings. The van der Waals surface area contributed by atoms with E-state index in [-0.39, 0.29) is 12.5 Å². The average Bonchev–Trinajstić information content (AvgIpc) is 3.28. The zero-order valence-corrected chi connectivity index (χ0v) is 16.9. The minimum Gasteiger partial charge on any atom is -0.454 e. The Bertz CT molecular complexity index is 949. The van der Waals surface area contributed by atoms with Gasteiger partial charge in [0.05, 0.1) is 0 Å². The summed E-state index contributed by atoms with van der Waals surface area (Å²) in [6, 6.07) is 16.5. The third-order valence-corrected chi connectivity index (χ3v) is 6.99. The number of carbonyl (C=O) groups excluding carboxylic acids is 3. The van der Waals surface area contributed by atoms with Crippen LogP contribution in [0.4, 0.5) is 5.69 Å². The van der Waals surface area contributed by atoms with Crippen LogP contribution in [0.3, 0.4) is 0 Å². The van der Waals surface area contributed by atoms with Gasteiger partial charge in [-0.15, -0.1) is 11.8 Å². The molecular weight excluding hydrogens is 388 g/mol. The number of nitrogens with one attached hydrogen (secondary N) is 1. The van der Waals surface area contributed by atoms with Crippen LogP contribution >= 0.6 is 11.8 Å². The number of rotatable bonds is 5. The fraction of sp³-hybridized carbons (Fsp3) is 0.318. The Balaban J connectivity index is 1.42. The van der Waals surface area contributed by atoms with Gasteiger partial charge in [0, 0.05) is 17.9 Å². The molecule has 2 heterocycles. The molecule has 0 aromatic heterocycles. The number of esters is 1. The van der Waals surface area contributed by atoms with Crippen molar-refractivity contribution in [3.8, 4) is 0 Å².